The predicted octanol–water partition coefficient (Wildman–Crippen LogP) is 2.45. The first-order chi connectivity index (χ1) is 8.67. The van der Waals surface area contributed by atoms with Crippen LogP contribution in [0.5, 0.6) is 5.75 Å². The molecule has 0 saturated heterocycles. The summed E-state index contributed by atoms with van der Waals surface area (Å²) in [6, 6.07) is 6.25. The summed E-state index contributed by atoms with van der Waals surface area (Å²) in [7, 11) is 1.72. The van der Waals surface area contributed by atoms with Crippen LogP contribution in [-0.4, -0.2) is 32.4 Å². The van der Waals surface area contributed by atoms with Gasteiger partial charge in [0.25, 0.3) is 0 Å². The molecule has 1 aromatic rings. The highest BCUT2D eigenvalue weighted by Crippen LogP contribution is 2.40. The third-order valence-electron chi connectivity index (χ3n) is 3.62. The number of rotatable bonds is 7. The molecule has 1 aliphatic rings. The van der Waals surface area contributed by atoms with Gasteiger partial charge < -0.3 is 14.8 Å². The molecule has 1 N–H and O–H groups in total. The molecule has 1 aromatic carbocycles. The van der Waals surface area contributed by atoms with Crippen molar-refractivity contribution in [1.82, 2.24) is 5.32 Å². The smallest absolute Gasteiger partial charge is 0.123 e. The maximum atomic E-state index is 6.20. The molecule has 0 aliphatic heterocycles. The lowest BCUT2D eigenvalue weighted by molar-refractivity contribution is 0.161. The Balaban J connectivity index is 1.90. The fourth-order valence-corrected chi connectivity index (χ4v) is 2.01. The van der Waals surface area contributed by atoms with Crippen LogP contribution in [0.25, 0.3) is 0 Å². The van der Waals surface area contributed by atoms with Crippen LogP contribution in [0.15, 0.2) is 18.2 Å². The van der Waals surface area contributed by atoms with E-state index >= 15 is 0 Å². The molecule has 0 heterocycles. The van der Waals surface area contributed by atoms with Crippen molar-refractivity contribution in [2.24, 2.45) is 0 Å². The van der Waals surface area contributed by atoms with E-state index in [-0.39, 0.29) is 5.60 Å². The van der Waals surface area contributed by atoms with Crippen LogP contribution in [0, 0.1) is 13.8 Å². The summed E-state index contributed by atoms with van der Waals surface area (Å²) in [5.74, 6) is 1.03. The minimum atomic E-state index is 0.0201. The van der Waals surface area contributed by atoms with Crippen molar-refractivity contribution in [2.45, 2.75) is 32.3 Å². The lowest BCUT2D eigenvalue weighted by atomic mass is 10.1. The van der Waals surface area contributed by atoms with Crippen LogP contribution in [0.1, 0.15) is 24.0 Å². The zero-order valence-corrected chi connectivity index (χ0v) is 11.6. The summed E-state index contributed by atoms with van der Waals surface area (Å²) in [6.07, 6.45) is 2.28. The molecule has 3 heteroatoms. The number of aryl methyl sites for hydroxylation is 1. The molecule has 0 atom stereocenters. The van der Waals surface area contributed by atoms with Crippen LogP contribution in [0.2, 0.25) is 0 Å². The molecule has 0 amide bonds. The number of hydrogen-bond acceptors (Lipinski definition) is 3. The Kier molecular flexibility index (Phi) is 4.25. The summed E-state index contributed by atoms with van der Waals surface area (Å²) in [4.78, 5) is 0. The van der Waals surface area contributed by atoms with Crippen LogP contribution < -0.4 is 10.1 Å². The third kappa shape index (κ3) is 3.24. The second kappa shape index (κ2) is 5.72. The van der Waals surface area contributed by atoms with Crippen molar-refractivity contribution < 1.29 is 9.47 Å². The quantitative estimate of drug-likeness (QED) is 0.753. The van der Waals surface area contributed by atoms with Crippen molar-refractivity contribution >= 4 is 0 Å². The molecule has 0 radical (unpaired) electrons. The molecule has 1 saturated carbocycles. The topological polar surface area (TPSA) is 30.5 Å². The standard InChI is InChI=1S/C15H23NO2/c1-12-5-4-6-14(13(12)2)18-15(7-8-15)11-16-9-10-17-3/h4-6,16H,7-11H2,1-3H3. The number of ether oxygens (including phenoxy) is 2. The maximum absolute atomic E-state index is 6.20. The van der Waals surface area contributed by atoms with Gasteiger partial charge in [0, 0.05) is 20.2 Å². The van der Waals surface area contributed by atoms with Gasteiger partial charge in [-0.2, -0.15) is 0 Å². The van der Waals surface area contributed by atoms with Crippen LogP contribution >= 0.6 is 0 Å². The average Bonchev–Trinajstić information content (AvgIpc) is 3.11. The molecular formula is C15H23NO2. The summed E-state index contributed by atoms with van der Waals surface area (Å²) >= 11 is 0. The molecule has 1 aliphatic carbocycles. The van der Waals surface area contributed by atoms with Gasteiger partial charge in [0.15, 0.2) is 0 Å². The molecule has 3 nitrogen and oxygen atoms in total. The number of nitrogens with one attached hydrogen (secondary N) is 1. The summed E-state index contributed by atoms with van der Waals surface area (Å²) < 4.78 is 11.2. The van der Waals surface area contributed by atoms with Crippen LogP contribution in [0.3, 0.4) is 0 Å². The molecule has 0 unspecified atom stereocenters. The third-order valence-corrected chi connectivity index (χ3v) is 3.62. The minimum Gasteiger partial charge on any atom is -0.486 e. The highest BCUT2D eigenvalue weighted by molar-refractivity contribution is 5.39. The molecule has 2 rings (SSSR count). The lowest BCUT2D eigenvalue weighted by Crippen LogP contribution is -2.35. The Bertz CT molecular complexity index is 399. The minimum absolute atomic E-state index is 0.0201. The van der Waals surface area contributed by atoms with E-state index in [4.69, 9.17) is 9.47 Å². The number of hydrogen-bond donors (Lipinski definition) is 1. The van der Waals surface area contributed by atoms with E-state index in [2.05, 4.69) is 37.4 Å². The Morgan fingerprint density at radius 1 is 1.28 bits per heavy atom. The van der Waals surface area contributed by atoms with Gasteiger partial charge in [-0.05, 0) is 43.9 Å². The van der Waals surface area contributed by atoms with E-state index < -0.39 is 0 Å². The van der Waals surface area contributed by atoms with E-state index in [0.29, 0.717) is 0 Å². The van der Waals surface area contributed by atoms with Gasteiger partial charge >= 0.3 is 0 Å². The van der Waals surface area contributed by atoms with Crippen molar-refractivity contribution in [2.75, 3.05) is 26.8 Å². The first kappa shape index (κ1) is 13.4. The van der Waals surface area contributed by atoms with E-state index in [0.717, 1.165) is 38.3 Å². The van der Waals surface area contributed by atoms with Gasteiger partial charge in [-0.25, -0.2) is 0 Å². The second-order valence-corrected chi connectivity index (χ2v) is 5.15. The van der Waals surface area contributed by atoms with E-state index in [1.54, 1.807) is 7.11 Å². The van der Waals surface area contributed by atoms with E-state index in [9.17, 15) is 0 Å². The summed E-state index contributed by atoms with van der Waals surface area (Å²) in [5, 5.41) is 3.39. The zero-order chi connectivity index (χ0) is 13.0. The van der Waals surface area contributed by atoms with Gasteiger partial charge in [-0.15, -0.1) is 0 Å². The van der Waals surface area contributed by atoms with Crippen molar-refractivity contribution in [3.8, 4) is 5.75 Å². The Morgan fingerprint density at radius 2 is 2.06 bits per heavy atom. The Labute approximate surface area is 109 Å². The van der Waals surface area contributed by atoms with Crippen molar-refractivity contribution in [1.29, 1.82) is 0 Å². The fourth-order valence-electron chi connectivity index (χ4n) is 2.01. The van der Waals surface area contributed by atoms with Gasteiger partial charge in [-0.3, -0.25) is 0 Å². The highest BCUT2D eigenvalue weighted by Gasteiger charge is 2.45. The van der Waals surface area contributed by atoms with E-state index in [1.165, 1.54) is 11.1 Å². The second-order valence-electron chi connectivity index (χ2n) is 5.15. The Hall–Kier alpha value is -1.06. The molecule has 0 aromatic heterocycles. The maximum Gasteiger partial charge on any atom is 0.123 e. The number of methoxy groups -OCH3 is 1. The SMILES string of the molecule is COCCNCC1(Oc2cccc(C)c2C)CC1. The highest BCUT2D eigenvalue weighted by atomic mass is 16.5. The normalized spacial score (nSPS) is 16.6. The molecule has 100 valence electrons. The van der Waals surface area contributed by atoms with Gasteiger partial charge in [0.1, 0.15) is 11.4 Å². The molecular weight excluding hydrogens is 226 g/mol. The lowest BCUT2D eigenvalue weighted by Gasteiger charge is -2.20. The first-order valence-corrected chi connectivity index (χ1v) is 6.62. The fraction of sp³-hybridized carbons (Fsp3) is 0.600. The summed E-state index contributed by atoms with van der Waals surface area (Å²) in [5.41, 5.74) is 2.56. The van der Waals surface area contributed by atoms with Gasteiger partial charge in [0.05, 0.1) is 6.61 Å². The van der Waals surface area contributed by atoms with Crippen molar-refractivity contribution in [3.63, 3.8) is 0 Å². The van der Waals surface area contributed by atoms with Gasteiger partial charge in [0.2, 0.25) is 0 Å². The monoisotopic (exact) mass is 249 g/mol. The van der Waals surface area contributed by atoms with Crippen LogP contribution in [0.4, 0.5) is 0 Å². The zero-order valence-electron chi connectivity index (χ0n) is 11.6. The average molecular weight is 249 g/mol. The van der Waals surface area contributed by atoms with Crippen molar-refractivity contribution in [3.05, 3.63) is 29.3 Å². The molecule has 0 spiro atoms. The van der Waals surface area contributed by atoms with Gasteiger partial charge in [-0.1, -0.05) is 12.1 Å². The molecule has 18 heavy (non-hydrogen) atoms. The molecule has 1 fully saturated rings. The molecule has 0 bridgehead atoms. The largest absolute Gasteiger partial charge is 0.486 e. The predicted molar refractivity (Wildman–Crippen MR) is 73.3 cm³/mol. The first-order valence-electron chi connectivity index (χ1n) is 6.62. The summed E-state index contributed by atoms with van der Waals surface area (Å²) in [6.45, 7) is 6.79. The van der Waals surface area contributed by atoms with Crippen LogP contribution in [-0.2, 0) is 4.74 Å². The number of benzene rings is 1. The van der Waals surface area contributed by atoms with E-state index in [1.807, 2.05) is 0 Å². The Morgan fingerprint density at radius 3 is 2.72 bits per heavy atom.